The van der Waals surface area contributed by atoms with E-state index in [0.717, 1.165) is 18.0 Å². The molecule has 100 valence electrons. The van der Waals surface area contributed by atoms with Gasteiger partial charge in [-0.15, -0.1) is 0 Å². The second kappa shape index (κ2) is 6.83. The van der Waals surface area contributed by atoms with E-state index in [1.165, 1.54) is 5.56 Å². The average Bonchev–Trinajstić information content (AvgIpc) is 2.45. The Morgan fingerprint density at radius 1 is 0.947 bits per heavy atom. The number of rotatable bonds is 6. The van der Waals surface area contributed by atoms with E-state index in [4.69, 9.17) is 4.74 Å². The lowest BCUT2D eigenvalue weighted by Gasteiger charge is -2.10. The summed E-state index contributed by atoms with van der Waals surface area (Å²) in [4.78, 5) is 0. The van der Waals surface area contributed by atoms with Crippen LogP contribution in [0.4, 0.5) is 5.69 Å². The van der Waals surface area contributed by atoms with Crippen molar-refractivity contribution in [2.24, 2.45) is 5.92 Å². The molecule has 0 atom stereocenters. The topological polar surface area (TPSA) is 21.3 Å². The van der Waals surface area contributed by atoms with Crippen LogP contribution in [0, 0.1) is 5.92 Å². The van der Waals surface area contributed by atoms with Gasteiger partial charge in [-0.3, -0.25) is 0 Å². The van der Waals surface area contributed by atoms with Gasteiger partial charge in [0.1, 0.15) is 12.4 Å². The Bertz CT molecular complexity index is 476. The summed E-state index contributed by atoms with van der Waals surface area (Å²) in [6, 6.07) is 18.3. The number of anilines is 1. The molecule has 2 aromatic carbocycles. The third-order valence-corrected chi connectivity index (χ3v) is 2.82. The van der Waals surface area contributed by atoms with Crippen molar-refractivity contribution < 1.29 is 4.74 Å². The van der Waals surface area contributed by atoms with Gasteiger partial charge in [0.05, 0.1) is 0 Å². The maximum absolute atomic E-state index is 5.74. The summed E-state index contributed by atoms with van der Waals surface area (Å²) in [5.74, 6) is 1.55. The van der Waals surface area contributed by atoms with Crippen molar-refractivity contribution in [3.05, 3.63) is 60.2 Å². The third-order valence-electron chi connectivity index (χ3n) is 2.82. The molecule has 1 N–H and O–H groups in total. The first-order valence-electron chi connectivity index (χ1n) is 6.74. The fraction of sp³-hybridized carbons (Fsp3) is 0.294. The van der Waals surface area contributed by atoms with Crippen molar-refractivity contribution >= 4 is 5.69 Å². The van der Waals surface area contributed by atoms with Gasteiger partial charge in [-0.2, -0.15) is 0 Å². The molecule has 0 aliphatic heterocycles. The van der Waals surface area contributed by atoms with E-state index in [2.05, 4.69) is 43.4 Å². The monoisotopic (exact) mass is 255 g/mol. The Hall–Kier alpha value is -1.96. The normalized spacial score (nSPS) is 10.5. The number of hydrogen-bond donors (Lipinski definition) is 1. The van der Waals surface area contributed by atoms with Crippen molar-refractivity contribution in [3.63, 3.8) is 0 Å². The summed E-state index contributed by atoms with van der Waals surface area (Å²) in [5.41, 5.74) is 2.32. The van der Waals surface area contributed by atoms with Gasteiger partial charge in [0, 0.05) is 12.2 Å². The quantitative estimate of drug-likeness (QED) is 0.829. The Labute approximate surface area is 115 Å². The largest absolute Gasteiger partial charge is 0.489 e. The molecular weight excluding hydrogens is 234 g/mol. The summed E-state index contributed by atoms with van der Waals surface area (Å²) in [6.07, 6.45) is 0. The highest BCUT2D eigenvalue weighted by Gasteiger charge is 1.98. The molecule has 0 saturated carbocycles. The van der Waals surface area contributed by atoms with Crippen LogP contribution in [0.2, 0.25) is 0 Å². The SMILES string of the molecule is CC(C)CNc1ccc(OCc2ccccc2)cc1. The first-order valence-corrected chi connectivity index (χ1v) is 6.74. The van der Waals surface area contributed by atoms with Crippen LogP contribution in [0.15, 0.2) is 54.6 Å². The molecule has 0 aromatic heterocycles. The van der Waals surface area contributed by atoms with E-state index in [-0.39, 0.29) is 0 Å². The molecule has 0 heterocycles. The molecule has 0 unspecified atom stereocenters. The van der Waals surface area contributed by atoms with Gasteiger partial charge in [-0.1, -0.05) is 44.2 Å². The molecule has 0 bridgehead atoms. The second-order valence-electron chi connectivity index (χ2n) is 5.07. The molecule has 0 saturated heterocycles. The van der Waals surface area contributed by atoms with Gasteiger partial charge in [0.2, 0.25) is 0 Å². The van der Waals surface area contributed by atoms with Crippen LogP contribution >= 0.6 is 0 Å². The molecule has 2 rings (SSSR count). The fourth-order valence-corrected chi connectivity index (χ4v) is 1.73. The molecule has 0 amide bonds. The standard InChI is InChI=1S/C17H21NO/c1-14(2)12-18-16-8-10-17(11-9-16)19-13-15-6-4-3-5-7-15/h3-11,14,18H,12-13H2,1-2H3. The molecule has 2 nitrogen and oxygen atoms in total. The van der Waals surface area contributed by atoms with E-state index in [9.17, 15) is 0 Å². The van der Waals surface area contributed by atoms with Crippen molar-refractivity contribution in [2.75, 3.05) is 11.9 Å². The fourth-order valence-electron chi connectivity index (χ4n) is 1.73. The predicted molar refractivity (Wildman–Crippen MR) is 80.5 cm³/mol. The zero-order valence-electron chi connectivity index (χ0n) is 11.6. The first-order chi connectivity index (χ1) is 9.24. The van der Waals surface area contributed by atoms with Gasteiger partial charge in [-0.05, 0) is 35.7 Å². The van der Waals surface area contributed by atoms with Crippen LogP contribution in [0.5, 0.6) is 5.75 Å². The van der Waals surface area contributed by atoms with Crippen LogP contribution in [0.1, 0.15) is 19.4 Å². The molecule has 0 aliphatic carbocycles. The summed E-state index contributed by atoms with van der Waals surface area (Å²) < 4.78 is 5.74. The number of hydrogen-bond acceptors (Lipinski definition) is 2. The van der Waals surface area contributed by atoms with Gasteiger partial charge in [-0.25, -0.2) is 0 Å². The number of benzene rings is 2. The van der Waals surface area contributed by atoms with E-state index in [0.29, 0.717) is 12.5 Å². The molecule has 0 fully saturated rings. The molecule has 19 heavy (non-hydrogen) atoms. The minimum Gasteiger partial charge on any atom is -0.489 e. The smallest absolute Gasteiger partial charge is 0.119 e. The number of ether oxygens (including phenoxy) is 1. The van der Waals surface area contributed by atoms with Gasteiger partial charge in [0.15, 0.2) is 0 Å². The molecule has 0 aliphatic rings. The highest BCUT2D eigenvalue weighted by Crippen LogP contribution is 2.17. The maximum atomic E-state index is 5.74. The molecular formula is C17H21NO. The highest BCUT2D eigenvalue weighted by molar-refractivity contribution is 5.46. The highest BCUT2D eigenvalue weighted by atomic mass is 16.5. The molecule has 2 heteroatoms. The predicted octanol–water partition coefficient (Wildman–Crippen LogP) is 4.33. The zero-order chi connectivity index (χ0) is 13.5. The third kappa shape index (κ3) is 4.66. The minimum atomic E-state index is 0.611. The first kappa shape index (κ1) is 13.5. The van der Waals surface area contributed by atoms with E-state index < -0.39 is 0 Å². The lowest BCUT2D eigenvalue weighted by atomic mass is 10.2. The lowest BCUT2D eigenvalue weighted by Crippen LogP contribution is -2.07. The van der Waals surface area contributed by atoms with Crippen LogP contribution in [0.3, 0.4) is 0 Å². The molecule has 0 spiro atoms. The summed E-state index contributed by atoms with van der Waals surface area (Å²) >= 11 is 0. The van der Waals surface area contributed by atoms with Gasteiger partial charge >= 0.3 is 0 Å². The number of nitrogens with one attached hydrogen (secondary N) is 1. The lowest BCUT2D eigenvalue weighted by molar-refractivity contribution is 0.306. The van der Waals surface area contributed by atoms with E-state index in [1.807, 2.05) is 30.3 Å². The van der Waals surface area contributed by atoms with Crippen LogP contribution in [-0.2, 0) is 6.61 Å². The summed E-state index contributed by atoms with van der Waals surface area (Å²) in [5, 5.41) is 3.39. The van der Waals surface area contributed by atoms with Crippen LogP contribution < -0.4 is 10.1 Å². The van der Waals surface area contributed by atoms with Gasteiger partial charge < -0.3 is 10.1 Å². The minimum absolute atomic E-state index is 0.611. The van der Waals surface area contributed by atoms with Crippen LogP contribution in [-0.4, -0.2) is 6.54 Å². The molecule has 0 radical (unpaired) electrons. The Morgan fingerprint density at radius 2 is 1.63 bits per heavy atom. The van der Waals surface area contributed by atoms with Crippen molar-refractivity contribution in [1.82, 2.24) is 0 Å². The van der Waals surface area contributed by atoms with Crippen LogP contribution in [0.25, 0.3) is 0 Å². The van der Waals surface area contributed by atoms with E-state index >= 15 is 0 Å². The summed E-state index contributed by atoms with van der Waals surface area (Å²) in [7, 11) is 0. The average molecular weight is 255 g/mol. The second-order valence-corrected chi connectivity index (χ2v) is 5.07. The van der Waals surface area contributed by atoms with Crippen molar-refractivity contribution in [3.8, 4) is 5.75 Å². The van der Waals surface area contributed by atoms with E-state index in [1.54, 1.807) is 0 Å². The summed E-state index contributed by atoms with van der Waals surface area (Å²) in [6.45, 7) is 6.00. The van der Waals surface area contributed by atoms with Gasteiger partial charge in [0.25, 0.3) is 0 Å². The Kier molecular flexibility index (Phi) is 4.85. The maximum Gasteiger partial charge on any atom is 0.119 e. The zero-order valence-corrected chi connectivity index (χ0v) is 11.6. The Balaban J connectivity index is 1.85. The Morgan fingerprint density at radius 3 is 2.26 bits per heavy atom. The molecule has 2 aromatic rings. The van der Waals surface area contributed by atoms with Crippen molar-refractivity contribution in [2.45, 2.75) is 20.5 Å². The van der Waals surface area contributed by atoms with Crippen molar-refractivity contribution in [1.29, 1.82) is 0 Å².